The Kier molecular flexibility index (Phi) is 5.58. The number of hydrogen-bond acceptors (Lipinski definition) is 6. The van der Waals surface area contributed by atoms with Gasteiger partial charge in [-0.3, -0.25) is 0 Å². The van der Waals surface area contributed by atoms with E-state index in [0.717, 1.165) is 18.4 Å². The summed E-state index contributed by atoms with van der Waals surface area (Å²) in [5, 5.41) is 4.60. The lowest BCUT2D eigenvalue weighted by molar-refractivity contribution is 0.242. The van der Waals surface area contributed by atoms with E-state index < -0.39 is 10.0 Å². The second kappa shape index (κ2) is 8.14. The van der Waals surface area contributed by atoms with Crippen LogP contribution in [0.2, 0.25) is 5.02 Å². The fraction of sp³-hybridized carbons (Fsp3) is 0.300. The van der Waals surface area contributed by atoms with E-state index in [1.807, 2.05) is 13.0 Å². The third kappa shape index (κ3) is 4.29. The third-order valence-corrected chi connectivity index (χ3v) is 6.92. The van der Waals surface area contributed by atoms with Gasteiger partial charge < -0.3 is 9.26 Å². The lowest BCUT2D eigenvalue weighted by atomic mass is 10.2. The molecule has 152 valence electrons. The maximum Gasteiger partial charge on any atom is 0.264 e. The molecule has 1 fully saturated rings. The van der Waals surface area contributed by atoms with Crippen LogP contribution in [0.25, 0.3) is 11.4 Å². The van der Waals surface area contributed by atoms with Gasteiger partial charge in [-0.15, -0.1) is 0 Å². The number of halogens is 1. The fourth-order valence-electron chi connectivity index (χ4n) is 3.20. The molecule has 4 rings (SSSR count). The molecule has 9 heteroatoms. The summed E-state index contributed by atoms with van der Waals surface area (Å²) in [7, 11) is -3.44. The highest BCUT2D eigenvalue weighted by Gasteiger charge is 2.27. The number of aromatic nitrogens is 2. The van der Waals surface area contributed by atoms with Gasteiger partial charge in [0.05, 0.1) is 4.90 Å². The number of benzene rings is 2. The number of aryl methyl sites for hydroxylation is 1. The van der Waals surface area contributed by atoms with Crippen LogP contribution in [0.5, 0.6) is 5.75 Å². The molecule has 0 saturated carbocycles. The maximum absolute atomic E-state index is 12.6. The molecule has 1 aliphatic rings. The van der Waals surface area contributed by atoms with Crippen molar-refractivity contribution in [2.75, 3.05) is 13.1 Å². The summed E-state index contributed by atoms with van der Waals surface area (Å²) in [5.74, 6) is 1.38. The summed E-state index contributed by atoms with van der Waals surface area (Å²) < 4.78 is 37.7. The predicted octanol–water partition coefficient (Wildman–Crippen LogP) is 4.06. The molecule has 2 heterocycles. The molecule has 0 spiro atoms. The Morgan fingerprint density at radius 1 is 1.14 bits per heavy atom. The molecule has 0 amide bonds. The Labute approximate surface area is 174 Å². The molecule has 3 aromatic rings. The van der Waals surface area contributed by atoms with E-state index in [1.165, 1.54) is 4.31 Å². The van der Waals surface area contributed by atoms with Crippen molar-refractivity contribution in [3.05, 3.63) is 58.9 Å². The van der Waals surface area contributed by atoms with Gasteiger partial charge in [0.2, 0.25) is 15.8 Å². The Balaban J connectivity index is 1.45. The van der Waals surface area contributed by atoms with E-state index >= 15 is 0 Å². The van der Waals surface area contributed by atoms with Crippen LogP contribution in [-0.4, -0.2) is 36.0 Å². The zero-order valence-corrected chi connectivity index (χ0v) is 17.4. The van der Waals surface area contributed by atoms with Crippen molar-refractivity contribution in [3.63, 3.8) is 0 Å². The van der Waals surface area contributed by atoms with Gasteiger partial charge in [0.1, 0.15) is 5.75 Å². The highest BCUT2D eigenvalue weighted by atomic mass is 35.5. The van der Waals surface area contributed by atoms with Crippen LogP contribution >= 0.6 is 11.6 Å². The second-order valence-corrected chi connectivity index (χ2v) is 9.22. The van der Waals surface area contributed by atoms with Crippen LogP contribution in [0.15, 0.2) is 51.9 Å². The predicted molar refractivity (Wildman–Crippen MR) is 108 cm³/mol. The van der Waals surface area contributed by atoms with Gasteiger partial charge in [0.25, 0.3) is 5.89 Å². The lowest BCUT2D eigenvalue weighted by Crippen LogP contribution is -2.27. The van der Waals surface area contributed by atoms with Crippen LogP contribution in [0.4, 0.5) is 0 Å². The number of rotatable bonds is 6. The van der Waals surface area contributed by atoms with Crippen LogP contribution in [0.1, 0.15) is 24.3 Å². The molecule has 0 aliphatic carbocycles. The minimum atomic E-state index is -3.44. The van der Waals surface area contributed by atoms with Crippen LogP contribution in [0.3, 0.4) is 0 Å². The Morgan fingerprint density at radius 3 is 2.55 bits per heavy atom. The minimum Gasteiger partial charge on any atom is -0.483 e. The monoisotopic (exact) mass is 433 g/mol. The largest absolute Gasteiger partial charge is 0.483 e. The van der Waals surface area contributed by atoms with Crippen molar-refractivity contribution in [2.45, 2.75) is 31.3 Å². The van der Waals surface area contributed by atoms with Crippen LogP contribution in [0, 0.1) is 6.92 Å². The Hall–Kier alpha value is -2.42. The molecular weight excluding hydrogens is 414 g/mol. The summed E-state index contributed by atoms with van der Waals surface area (Å²) in [4.78, 5) is 4.60. The van der Waals surface area contributed by atoms with E-state index in [2.05, 4.69) is 10.1 Å². The highest BCUT2D eigenvalue weighted by Crippen LogP contribution is 2.25. The normalized spacial score (nSPS) is 15.0. The van der Waals surface area contributed by atoms with Gasteiger partial charge >= 0.3 is 0 Å². The van der Waals surface area contributed by atoms with Gasteiger partial charge in [-0.1, -0.05) is 16.8 Å². The van der Waals surface area contributed by atoms with Gasteiger partial charge in [-0.25, -0.2) is 8.42 Å². The minimum absolute atomic E-state index is 0.122. The van der Waals surface area contributed by atoms with Gasteiger partial charge in [0, 0.05) is 23.7 Å². The zero-order valence-electron chi connectivity index (χ0n) is 15.8. The molecule has 1 aromatic heterocycles. The highest BCUT2D eigenvalue weighted by molar-refractivity contribution is 7.89. The molecule has 7 nitrogen and oxygen atoms in total. The summed E-state index contributed by atoms with van der Waals surface area (Å²) in [5.41, 5.74) is 1.58. The molecule has 0 N–H and O–H groups in total. The van der Waals surface area contributed by atoms with Crippen LogP contribution in [-0.2, 0) is 16.6 Å². The van der Waals surface area contributed by atoms with Crippen molar-refractivity contribution in [3.8, 4) is 17.1 Å². The Morgan fingerprint density at radius 2 is 1.86 bits per heavy atom. The van der Waals surface area contributed by atoms with E-state index in [0.29, 0.717) is 41.1 Å². The summed E-state index contributed by atoms with van der Waals surface area (Å²) in [6.45, 7) is 3.17. The molecule has 0 radical (unpaired) electrons. The average molecular weight is 434 g/mol. The molecule has 1 saturated heterocycles. The van der Waals surface area contributed by atoms with E-state index in [9.17, 15) is 8.42 Å². The van der Waals surface area contributed by atoms with E-state index in [-0.39, 0.29) is 11.5 Å². The van der Waals surface area contributed by atoms with Gasteiger partial charge in [0.15, 0.2) is 6.61 Å². The van der Waals surface area contributed by atoms with E-state index in [4.69, 9.17) is 20.9 Å². The first kappa shape index (κ1) is 19.9. The van der Waals surface area contributed by atoms with Gasteiger partial charge in [-0.2, -0.15) is 9.29 Å². The van der Waals surface area contributed by atoms with Crippen molar-refractivity contribution in [1.82, 2.24) is 14.4 Å². The van der Waals surface area contributed by atoms with Crippen LogP contribution < -0.4 is 4.74 Å². The topological polar surface area (TPSA) is 85.5 Å². The standard InChI is InChI=1S/C20H20ClN3O4S/c1-14-12-16(21)6-9-18(14)27-13-19-22-20(23-28-19)15-4-7-17(8-5-15)29(25,26)24-10-2-3-11-24/h4-9,12H,2-3,10-11,13H2,1H3. The molecule has 0 atom stereocenters. The average Bonchev–Trinajstić information content (AvgIpc) is 3.40. The van der Waals surface area contributed by atoms with Crippen molar-refractivity contribution in [1.29, 1.82) is 0 Å². The molecule has 1 aliphatic heterocycles. The van der Waals surface area contributed by atoms with E-state index in [1.54, 1.807) is 36.4 Å². The summed E-state index contributed by atoms with van der Waals surface area (Å²) in [6.07, 6.45) is 1.81. The summed E-state index contributed by atoms with van der Waals surface area (Å²) >= 11 is 5.94. The van der Waals surface area contributed by atoms with Crippen molar-refractivity contribution >= 4 is 21.6 Å². The first-order chi connectivity index (χ1) is 13.9. The quantitative estimate of drug-likeness (QED) is 0.582. The molecule has 0 unspecified atom stereocenters. The smallest absolute Gasteiger partial charge is 0.264 e. The number of ether oxygens (including phenoxy) is 1. The molecule has 29 heavy (non-hydrogen) atoms. The number of hydrogen-bond donors (Lipinski definition) is 0. The van der Waals surface area contributed by atoms with Gasteiger partial charge in [-0.05, 0) is 67.8 Å². The second-order valence-electron chi connectivity index (χ2n) is 6.85. The lowest BCUT2D eigenvalue weighted by Gasteiger charge is -2.15. The first-order valence-electron chi connectivity index (χ1n) is 9.25. The maximum atomic E-state index is 12.6. The molecule has 0 bridgehead atoms. The van der Waals surface area contributed by atoms with Crippen molar-refractivity contribution in [2.24, 2.45) is 0 Å². The first-order valence-corrected chi connectivity index (χ1v) is 11.1. The van der Waals surface area contributed by atoms with Crippen molar-refractivity contribution < 1.29 is 17.7 Å². The number of sulfonamides is 1. The summed E-state index contributed by atoms with van der Waals surface area (Å²) in [6, 6.07) is 11.9. The zero-order chi connectivity index (χ0) is 20.4. The molecular formula is C20H20ClN3O4S. The fourth-order valence-corrected chi connectivity index (χ4v) is 4.94. The number of nitrogens with zero attached hydrogens (tertiary/aromatic N) is 3. The SMILES string of the molecule is Cc1cc(Cl)ccc1OCc1nc(-c2ccc(S(=O)(=O)N3CCCC3)cc2)no1. The molecule has 2 aromatic carbocycles. The third-order valence-electron chi connectivity index (χ3n) is 4.77. The Bertz CT molecular complexity index is 1110.